The zero-order valence-corrected chi connectivity index (χ0v) is 8.86. The van der Waals surface area contributed by atoms with E-state index >= 15 is 0 Å². The van der Waals surface area contributed by atoms with Gasteiger partial charge >= 0.3 is 0 Å². The van der Waals surface area contributed by atoms with Crippen LogP contribution in [0, 0.1) is 0 Å². The Hall–Kier alpha value is -1.94. The minimum Gasteiger partial charge on any atom is -0.440 e. The number of nitrogen functional groups attached to an aromatic ring is 1. The SMILES string of the molecule is Nc1ccc2nc(-c3ccc(Cl)o3)oc2c1. The average Bonchev–Trinajstić information content (AvgIpc) is 2.83. The number of oxazole rings is 1. The van der Waals surface area contributed by atoms with Crippen LogP contribution in [0.5, 0.6) is 0 Å². The standard InChI is InChI=1S/C11H7ClN2O2/c12-10-4-3-8(15-10)11-14-7-2-1-6(13)5-9(7)16-11/h1-5H,13H2. The van der Waals surface area contributed by atoms with Crippen molar-refractivity contribution in [3.8, 4) is 11.7 Å². The molecule has 80 valence electrons. The highest BCUT2D eigenvalue weighted by Gasteiger charge is 2.11. The Morgan fingerprint density at radius 2 is 2.00 bits per heavy atom. The second-order valence-corrected chi connectivity index (χ2v) is 3.72. The fraction of sp³-hybridized carbons (Fsp3) is 0. The van der Waals surface area contributed by atoms with Gasteiger partial charge in [-0.1, -0.05) is 0 Å². The summed E-state index contributed by atoms with van der Waals surface area (Å²) in [6, 6.07) is 8.62. The molecule has 0 unspecified atom stereocenters. The minimum absolute atomic E-state index is 0.303. The van der Waals surface area contributed by atoms with Gasteiger partial charge in [0.1, 0.15) is 5.52 Å². The van der Waals surface area contributed by atoms with Crippen molar-refractivity contribution in [2.75, 3.05) is 5.73 Å². The summed E-state index contributed by atoms with van der Waals surface area (Å²) in [6.45, 7) is 0. The summed E-state index contributed by atoms with van der Waals surface area (Å²) in [7, 11) is 0. The predicted octanol–water partition coefficient (Wildman–Crippen LogP) is 3.32. The van der Waals surface area contributed by atoms with Crippen molar-refractivity contribution >= 4 is 28.4 Å². The summed E-state index contributed by atoms with van der Waals surface area (Å²) in [5, 5.41) is 0.303. The molecule has 2 aromatic heterocycles. The summed E-state index contributed by atoms with van der Waals surface area (Å²) < 4.78 is 10.7. The summed E-state index contributed by atoms with van der Waals surface area (Å²) in [5.41, 5.74) is 7.64. The van der Waals surface area contributed by atoms with E-state index < -0.39 is 0 Å². The average molecular weight is 235 g/mol. The second-order valence-electron chi connectivity index (χ2n) is 3.35. The van der Waals surface area contributed by atoms with Crippen LogP contribution in [0.1, 0.15) is 0 Å². The van der Waals surface area contributed by atoms with Crippen molar-refractivity contribution in [2.45, 2.75) is 0 Å². The highest BCUT2D eigenvalue weighted by molar-refractivity contribution is 6.28. The van der Waals surface area contributed by atoms with Crippen LogP contribution < -0.4 is 5.73 Å². The zero-order valence-electron chi connectivity index (χ0n) is 8.11. The van der Waals surface area contributed by atoms with Crippen molar-refractivity contribution in [1.29, 1.82) is 0 Å². The van der Waals surface area contributed by atoms with Gasteiger partial charge in [0, 0.05) is 11.8 Å². The molecule has 0 aliphatic rings. The molecule has 0 atom stereocenters. The van der Waals surface area contributed by atoms with Crippen LogP contribution in [0.15, 0.2) is 39.2 Å². The van der Waals surface area contributed by atoms with Gasteiger partial charge in [0.2, 0.25) is 0 Å². The third-order valence-corrected chi connectivity index (χ3v) is 2.40. The van der Waals surface area contributed by atoms with Gasteiger partial charge in [-0.25, -0.2) is 4.98 Å². The number of rotatable bonds is 1. The Morgan fingerprint density at radius 1 is 1.12 bits per heavy atom. The number of anilines is 1. The monoisotopic (exact) mass is 234 g/mol. The molecule has 2 N–H and O–H groups in total. The van der Waals surface area contributed by atoms with Crippen LogP contribution in [0.25, 0.3) is 22.8 Å². The van der Waals surface area contributed by atoms with E-state index in [1.54, 1.807) is 30.3 Å². The number of halogens is 1. The van der Waals surface area contributed by atoms with Crippen molar-refractivity contribution in [3.05, 3.63) is 35.6 Å². The first-order valence-electron chi connectivity index (χ1n) is 4.64. The molecule has 16 heavy (non-hydrogen) atoms. The first-order valence-corrected chi connectivity index (χ1v) is 5.02. The third kappa shape index (κ3) is 1.44. The molecule has 2 heterocycles. The molecule has 0 aliphatic heterocycles. The van der Waals surface area contributed by atoms with E-state index in [1.165, 1.54) is 0 Å². The van der Waals surface area contributed by atoms with Crippen LogP contribution in [0.3, 0.4) is 0 Å². The first-order chi connectivity index (χ1) is 7.72. The van der Waals surface area contributed by atoms with Crippen molar-refractivity contribution in [2.24, 2.45) is 0 Å². The normalized spacial score (nSPS) is 11.1. The number of nitrogens with zero attached hydrogens (tertiary/aromatic N) is 1. The molecule has 1 aromatic carbocycles. The van der Waals surface area contributed by atoms with Crippen LogP contribution >= 0.6 is 11.6 Å². The largest absolute Gasteiger partial charge is 0.440 e. The Bertz CT molecular complexity index is 657. The molecule has 4 nitrogen and oxygen atoms in total. The number of nitrogens with two attached hydrogens (primary N) is 1. The number of fused-ring (bicyclic) bond motifs is 1. The number of hydrogen-bond donors (Lipinski definition) is 1. The molecule has 3 rings (SSSR count). The molecule has 0 spiro atoms. The fourth-order valence-electron chi connectivity index (χ4n) is 1.48. The smallest absolute Gasteiger partial charge is 0.264 e. The van der Waals surface area contributed by atoms with Gasteiger partial charge in [0.25, 0.3) is 5.89 Å². The summed E-state index contributed by atoms with van der Waals surface area (Å²) in [5.74, 6) is 0.896. The van der Waals surface area contributed by atoms with E-state index in [0.717, 1.165) is 5.52 Å². The number of benzene rings is 1. The Balaban J connectivity index is 2.18. The molecular weight excluding hydrogens is 228 g/mol. The Morgan fingerprint density at radius 3 is 2.75 bits per heavy atom. The Kier molecular flexibility index (Phi) is 1.91. The second kappa shape index (κ2) is 3.28. The van der Waals surface area contributed by atoms with Crippen molar-refractivity contribution in [1.82, 2.24) is 4.98 Å². The van der Waals surface area contributed by atoms with Gasteiger partial charge in [-0.05, 0) is 35.9 Å². The molecule has 0 aliphatic carbocycles. The van der Waals surface area contributed by atoms with Crippen molar-refractivity contribution < 1.29 is 8.83 Å². The third-order valence-electron chi connectivity index (χ3n) is 2.20. The summed E-state index contributed by atoms with van der Waals surface area (Å²) >= 11 is 5.68. The van der Waals surface area contributed by atoms with Gasteiger partial charge in [-0.3, -0.25) is 0 Å². The quantitative estimate of drug-likeness (QED) is 0.656. The molecule has 0 saturated heterocycles. The zero-order chi connectivity index (χ0) is 11.1. The van der Waals surface area contributed by atoms with Crippen LogP contribution in [0.2, 0.25) is 5.22 Å². The lowest BCUT2D eigenvalue weighted by Gasteiger charge is -1.88. The molecule has 0 bridgehead atoms. The van der Waals surface area contributed by atoms with E-state index in [-0.39, 0.29) is 0 Å². The van der Waals surface area contributed by atoms with E-state index in [1.807, 2.05) is 0 Å². The van der Waals surface area contributed by atoms with Crippen molar-refractivity contribution in [3.63, 3.8) is 0 Å². The number of furan rings is 1. The molecule has 0 radical (unpaired) electrons. The van der Waals surface area contributed by atoms with E-state index in [2.05, 4.69) is 4.98 Å². The number of aromatic nitrogens is 1. The topological polar surface area (TPSA) is 65.2 Å². The maximum atomic E-state index is 5.68. The first kappa shape index (κ1) is 9.30. The molecular formula is C11H7ClN2O2. The predicted molar refractivity (Wildman–Crippen MR) is 61.1 cm³/mol. The lowest BCUT2D eigenvalue weighted by Crippen LogP contribution is -1.81. The number of hydrogen-bond acceptors (Lipinski definition) is 4. The van der Waals surface area contributed by atoms with Gasteiger partial charge in [-0.2, -0.15) is 0 Å². The fourth-order valence-corrected chi connectivity index (χ4v) is 1.62. The Labute approximate surface area is 95.6 Å². The van der Waals surface area contributed by atoms with Gasteiger partial charge in [-0.15, -0.1) is 0 Å². The molecule has 5 heteroatoms. The van der Waals surface area contributed by atoms with E-state index in [4.69, 9.17) is 26.2 Å². The highest BCUT2D eigenvalue weighted by atomic mass is 35.5. The maximum absolute atomic E-state index is 5.68. The van der Waals surface area contributed by atoms with Crippen LogP contribution in [-0.2, 0) is 0 Å². The minimum atomic E-state index is 0.303. The van der Waals surface area contributed by atoms with E-state index in [9.17, 15) is 0 Å². The molecule has 3 aromatic rings. The lowest BCUT2D eigenvalue weighted by molar-refractivity contribution is 0.536. The summed E-state index contributed by atoms with van der Waals surface area (Å²) in [6.07, 6.45) is 0. The molecule has 0 saturated carbocycles. The van der Waals surface area contributed by atoms with Gasteiger partial charge in [0.05, 0.1) is 0 Å². The van der Waals surface area contributed by atoms with Gasteiger partial charge in [0.15, 0.2) is 16.6 Å². The maximum Gasteiger partial charge on any atom is 0.264 e. The molecule has 0 amide bonds. The summed E-state index contributed by atoms with van der Waals surface area (Å²) in [4.78, 5) is 4.26. The van der Waals surface area contributed by atoms with Crippen LogP contribution in [-0.4, -0.2) is 4.98 Å². The van der Waals surface area contributed by atoms with Crippen LogP contribution in [0.4, 0.5) is 5.69 Å². The lowest BCUT2D eigenvalue weighted by atomic mass is 10.3. The molecule has 0 fully saturated rings. The highest BCUT2D eigenvalue weighted by Crippen LogP contribution is 2.28. The van der Waals surface area contributed by atoms with E-state index in [0.29, 0.717) is 28.1 Å². The van der Waals surface area contributed by atoms with Gasteiger partial charge < -0.3 is 14.6 Å².